The second kappa shape index (κ2) is 4.29. The van der Waals surface area contributed by atoms with Gasteiger partial charge in [0.25, 0.3) is 8.43 Å². The molecule has 2 atom stereocenters. The average molecular weight is 270 g/mol. The fourth-order valence-corrected chi connectivity index (χ4v) is 15.3. The largest absolute Gasteiger partial charge is 0.519 e. The van der Waals surface area contributed by atoms with Gasteiger partial charge in [-0.3, -0.25) is 0 Å². The lowest BCUT2D eigenvalue weighted by Crippen LogP contribution is -2.57. The predicted octanol–water partition coefficient (Wildman–Crippen LogP) is -0.493. The molecule has 0 spiro atoms. The summed E-state index contributed by atoms with van der Waals surface area (Å²) in [6, 6.07) is 0. The Bertz CT molecular complexity index is 180. The van der Waals surface area contributed by atoms with Crippen LogP contribution in [0.15, 0.2) is 0 Å². The van der Waals surface area contributed by atoms with E-state index in [1.165, 1.54) is 6.55 Å². The van der Waals surface area contributed by atoms with Crippen LogP contribution in [-0.4, -0.2) is 43.3 Å². The summed E-state index contributed by atoms with van der Waals surface area (Å²) < 4.78 is 35.5. The zero-order valence-electron chi connectivity index (χ0n) is 9.17. The highest BCUT2D eigenvalue weighted by atomic mass is 28.5. The van der Waals surface area contributed by atoms with Gasteiger partial charge in [-0.15, -0.1) is 0 Å². The lowest BCUT2D eigenvalue weighted by Gasteiger charge is -2.36. The van der Waals surface area contributed by atoms with Crippen LogP contribution in [0.25, 0.3) is 0 Å². The molecule has 0 aromatic carbocycles. The summed E-state index contributed by atoms with van der Waals surface area (Å²) in [7, 11) is -7.51. The van der Waals surface area contributed by atoms with Gasteiger partial charge < -0.3 is 16.5 Å². The van der Waals surface area contributed by atoms with E-state index in [0.717, 1.165) is 0 Å². The molecule has 0 amide bonds. The number of rotatable bonds is 0. The molecule has 0 saturated carbocycles. The molecule has 2 unspecified atom stereocenters. The molecule has 1 rings (SSSR count). The van der Waals surface area contributed by atoms with Crippen molar-refractivity contribution in [1.29, 1.82) is 0 Å². The van der Waals surface area contributed by atoms with Crippen LogP contribution in [0, 0.1) is 0 Å². The Balaban J connectivity index is 2.71. The van der Waals surface area contributed by atoms with Crippen LogP contribution in [0.1, 0.15) is 0 Å². The van der Waals surface area contributed by atoms with Crippen molar-refractivity contribution in [2.75, 3.05) is 0 Å². The summed E-state index contributed by atoms with van der Waals surface area (Å²) in [5, 5.41) is 0. The van der Waals surface area contributed by atoms with E-state index in [9.17, 15) is 4.11 Å². The highest BCUT2D eigenvalue weighted by molar-refractivity contribution is 7.12. The van der Waals surface area contributed by atoms with Gasteiger partial charge in [0.1, 0.15) is 0 Å². The first-order chi connectivity index (χ1) is 6.20. The van der Waals surface area contributed by atoms with Gasteiger partial charge in [0.05, 0.1) is 0 Å². The van der Waals surface area contributed by atoms with E-state index in [-0.39, 0.29) is 0 Å². The second-order valence-electron chi connectivity index (χ2n) is 3.84. The Morgan fingerprint density at radius 1 is 1.00 bits per heavy atom. The first-order valence-corrected chi connectivity index (χ1v) is 13.8. The van der Waals surface area contributed by atoms with Gasteiger partial charge in [0, 0.05) is 6.55 Å². The highest BCUT2D eigenvalue weighted by Crippen LogP contribution is 2.19. The maximum atomic E-state index is 13.7. The molecule has 1 aliphatic rings. The van der Waals surface area contributed by atoms with E-state index >= 15 is 0 Å². The summed E-state index contributed by atoms with van der Waals surface area (Å²) in [5.74, 6) is 0. The van der Waals surface area contributed by atoms with Crippen molar-refractivity contribution in [3.05, 3.63) is 0 Å². The molecule has 1 aliphatic heterocycles. The molecule has 4 nitrogen and oxygen atoms in total. The van der Waals surface area contributed by atoms with E-state index in [0.29, 0.717) is 0 Å². The smallest absolute Gasteiger partial charge is 0.424 e. The van der Waals surface area contributed by atoms with Crippen molar-refractivity contribution in [3.63, 3.8) is 0 Å². The minimum Gasteiger partial charge on any atom is -0.424 e. The topological polar surface area (TPSA) is 36.9 Å². The first kappa shape index (κ1) is 12.8. The Kier molecular flexibility index (Phi) is 3.91. The van der Waals surface area contributed by atoms with Crippen LogP contribution in [0.3, 0.4) is 0 Å². The van der Waals surface area contributed by atoms with Crippen molar-refractivity contribution in [2.45, 2.75) is 26.2 Å². The van der Waals surface area contributed by atoms with Crippen molar-refractivity contribution < 1.29 is 20.6 Å². The molecule has 14 heavy (non-hydrogen) atoms. The normalized spacial score (nSPS) is 50.9. The van der Waals surface area contributed by atoms with Gasteiger partial charge in [-0.2, -0.15) is 0 Å². The Hall–Kier alpha value is 0.702. The zero-order valence-corrected chi connectivity index (χ0v) is 13.5. The SMILES string of the molecule is B[Si]1(C)O[SiH](C)O[Si](C)(F)O[SiH](C)O1. The van der Waals surface area contributed by atoms with Crippen LogP contribution in [0.5, 0.6) is 0 Å². The van der Waals surface area contributed by atoms with Crippen molar-refractivity contribution in [3.8, 4) is 0 Å². The Labute approximate surface area is 90.4 Å². The van der Waals surface area contributed by atoms with E-state index in [2.05, 4.69) is 0 Å². The molecule has 10 heteroatoms. The summed E-state index contributed by atoms with van der Waals surface area (Å²) in [6.45, 7) is 6.95. The van der Waals surface area contributed by atoms with Crippen molar-refractivity contribution >= 4 is 43.3 Å². The molecule has 82 valence electrons. The summed E-state index contributed by atoms with van der Waals surface area (Å²) in [5.41, 5.74) is 0. The van der Waals surface area contributed by atoms with Crippen LogP contribution < -0.4 is 0 Å². The molecule has 1 fully saturated rings. The quantitative estimate of drug-likeness (QED) is 0.439. The zero-order chi connectivity index (χ0) is 11.0. The van der Waals surface area contributed by atoms with E-state index in [4.69, 9.17) is 16.5 Å². The first-order valence-electron chi connectivity index (χ1n) is 4.60. The van der Waals surface area contributed by atoms with Gasteiger partial charge in [0.15, 0.2) is 7.44 Å². The van der Waals surface area contributed by atoms with Gasteiger partial charge in [-0.1, -0.05) is 0 Å². The van der Waals surface area contributed by atoms with Crippen molar-refractivity contribution in [1.82, 2.24) is 0 Å². The minimum atomic E-state index is -3.47. The predicted molar refractivity (Wildman–Crippen MR) is 63.3 cm³/mol. The number of hydrogen-bond donors (Lipinski definition) is 0. The maximum Gasteiger partial charge on any atom is 0.519 e. The van der Waals surface area contributed by atoms with Gasteiger partial charge in [-0.25, -0.2) is 4.11 Å². The second-order valence-corrected chi connectivity index (χ2v) is 14.4. The number of halogens is 1. The fraction of sp³-hybridized carbons (Fsp3) is 1.00. The van der Waals surface area contributed by atoms with Crippen LogP contribution >= 0.6 is 0 Å². The van der Waals surface area contributed by atoms with Crippen LogP contribution in [0.2, 0.25) is 26.2 Å². The van der Waals surface area contributed by atoms with E-state index in [1.807, 2.05) is 27.1 Å². The molecule has 0 aromatic rings. The van der Waals surface area contributed by atoms with Crippen LogP contribution in [-0.2, 0) is 16.5 Å². The Morgan fingerprint density at radius 2 is 1.36 bits per heavy atom. The van der Waals surface area contributed by atoms with Crippen molar-refractivity contribution in [2.24, 2.45) is 0 Å². The maximum absolute atomic E-state index is 13.7. The third-order valence-electron chi connectivity index (χ3n) is 1.65. The number of hydrogen-bond acceptors (Lipinski definition) is 4. The lowest BCUT2D eigenvalue weighted by atomic mass is 10.8. The lowest BCUT2D eigenvalue weighted by molar-refractivity contribution is 0.236. The third-order valence-corrected chi connectivity index (χ3v) is 14.9. The molecule has 0 bridgehead atoms. The molecule has 0 aliphatic carbocycles. The van der Waals surface area contributed by atoms with Gasteiger partial charge in [-0.05, 0) is 19.6 Å². The third kappa shape index (κ3) is 4.06. The molecule has 0 N–H and O–H groups in total. The molecule has 1 heterocycles. The van der Waals surface area contributed by atoms with Crippen LogP contribution in [0.4, 0.5) is 4.11 Å². The molecule has 0 aromatic heterocycles. The molecular formula is C4H16BFO4Si4. The minimum absolute atomic E-state index is 1.40. The standard InChI is InChI=1S/C4H16BFO4Si4/c1-11-7-13(3,5)8-12(2)10-14(4,6)9-11/h11-12H,5H2,1-4H3. The van der Waals surface area contributed by atoms with E-state index < -0.39 is 35.9 Å². The van der Waals surface area contributed by atoms with E-state index in [1.54, 1.807) is 0 Å². The molecular weight excluding hydrogens is 254 g/mol. The monoisotopic (exact) mass is 270 g/mol. The Morgan fingerprint density at radius 3 is 1.71 bits per heavy atom. The highest BCUT2D eigenvalue weighted by Gasteiger charge is 2.44. The molecule has 1 saturated heterocycles. The van der Waals surface area contributed by atoms with Gasteiger partial charge in [0.2, 0.25) is 0 Å². The summed E-state index contributed by atoms with van der Waals surface area (Å²) in [4.78, 5) is 0. The summed E-state index contributed by atoms with van der Waals surface area (Å²) >= 11 is 0. The summed E-state index contributed by atoms with van der Waals surface area (Å²) in [6.07, 6.45) is 0. The van der Waals surface area contributed by atoms with Gasteiger partial charge >= 0.3 is 27.5 Å². The molecule has 0 radical (unpaired) electrons. The fourth-order valence-electron chi connectivity index (χ4n) is 1.50. The average Bonchev–Trinajstić information content (AvgIpc) is 1.74.